The zero-order chi connectivity index (χ0) is 14.2. The van der Waals surface area contributed by atoms with Crippen LogP contribution >= 0.6 is 27.5 Å². The van der Waals surface area contributed by atoms with E-state index >= 15 is 0 Å². The number of aromatic nitrogens is 1. The fraction of sp³-hybridized carbons (Fsp3) is 0.167. The quantitative estimate of drug-likeness (QED) is 0.664. The molecule has 1 aromatic heterocycles. The minimum absolute atomic E-state index is 0.0521. The van der Waals surface area contributed by atoms with Crippen molar-refractivity contribution in [2.45, 2.75) is 6.92 Å². The van der Waals surface area contributed by atoms with Crippen molar-refractivity contribution in [3.63, 3.8) is 0 Å². The van der Waals surface area contributed by atoms with Crippen molar-refractivity contribution < 1.29 is 19.0 Å². The summed E-state index contributed by atoms with van der Waals surface area (Å²) in [4.78, 5) is 15.4. The first-order valence-corrected chi connectivity index (χ1v) is 6.46. The van der Waals surface area contributed by atoms with E-state index in [9.17, 15) is 14.3 Å². The van der Waals surface area contributed by atoms with E-state index in [0.717, 1.165) is 6.20 Å². The molecule has 100 valence electrons. The maximum absolute atomic E-state index is 13.9. The molecule has 2 rings (SSSR count). The zero-order valence-electron chi connectivity index (χ0n) is 9.71. The maximum Gasteiger partial charge on any atom is 0.343 e. The van der Waals surface area contributed by atoms with Gasteiger partial charge in [-0.1, -0.05) is 11.6 Å². The van der Waals surface area contributed by atoms with Gasteiger partial charge in [-0.2, -0.15) is 0 Å². The summed E-state index contributed by atoms with van der Waals surface area (Å²) >= 11 is 8.79. The molecule has 0 saturated carbocycles. The minimum Gasteiger partial charge on any atom is -0.506 e. The highest BCUT2D eigenvalue weighted by Crippen LogP contribution is 2.36. The van der Waals surface area contributed by atoms with Crippen LogP contribution in [0.4, 0.5) is 4.39 Å². The molecule has 0 saturated heterocycles. The Hall–Kier alpha value is -1.40. The average molecular weight is 349 g/mol. The first kappa shape index (κ1) is 14.0. The fourth-order valence-corrected chi connectivity index (χ4v) is 2.08. The van der Waals surface area contributed by atoms with E-state index in [0.29, 0.717) is 0 Å². The molecule has 2 aromatic rings. The predicted octanol–water partition coefficient (Wildman–Crippen LogP) is 3.67. The summed E-state index contributed by atoms with van der Waals surface area (Å²) in [5.41, 5.74) is -0.214. The van der Waals surface area contributed by atoms with Crippen LogP contribution in [0.3, 0.4) is 0 Å². The molecule has 1 aromatic carbocycles. The van der Waals surface area contributed by atoms with E-state index in [2.05, 4.69) is 20.9 Å². The van der Waals surface area contributed by atoms with Crippen LogP contribution in [-0.4, -0.2) is 22.7 Å². The lowest BCUT2D eigenvalue weighted by Crippen LogP contribution is -2.06. The molecule has 0 unspecified atom stereocenters. The highest BCUT2D eigenvalue weighted by molar-refractivity contribution is 9.10. The van der Waals surface area contributed by atoms with Gasteiger partial charge in [0.2, 0.25) is 0 Å². The number of pyridine rings is 1. The third-order valence-electron chi connectivity index (χ3n) is 2.46. The summed E-state index contributed by atoms with van der Waals surface area (Å²) in [7, 11) is 0. The summed E-state index contributed by atoms with van der Waals surface area (Å²) in [5, 5.41) is 10.1. The van der Waals surface area contributed by atoms with Crippen molar-refractivity contribution >= 4 is 44.4 Å². The number of aromatic hydroxyl groups is 1. The van der Waals surface area contributed by atoms with Gasteiger partial charge in [-0.15, -0.1) is 0 Å². The van der Waals surface area contributed by atoms with Gasteiger partial charge in [0.25, 0.3) is 0 Å². The third-order valence-corrected chi connectivity index (χ3v) is 3.77. The Morgan fingerprint density at radius 1 is 1.63 bits per heavy atom. The minimum atomic E-state index is -0.728. The molecule has 0 atom stereocenters. The summed E-state index contributed by atoms with van der Waals surface area (Å²) < 4.78 is 18.7. The SMILES string of the molecule is CCOC(=O)c1cnc2c(F)c(Br)c(Cl)cc2c1O. The van der Waals surface area contributed by atoms with Crippen molar-refractivity contribution in [3.05, 3.63) is 33.1 Å². The van der Waals surface area contributed by atoms with E-state index in [4.69, 9.17) is 16.3 Å². The Labute approximate surface area is 121 Å². The molecule has 1 N–H and O–H groups in total. The molecule has 19 heavy (non-hydrogen) atoms. The summed E-state index contributed by atoms with van der Waals surface area (Å²) in [6.45, 7) is 1.79. The number of rotatable bonds is 2. The third kappa shape index (κ3) is 2.37. The van der Waals surface area contributed by atoms with Crippen molar-refractivity contribution in [2.75, 3.05) is 6.61 Å². The number of nitrogens with zero attached hydrogens (tertiary/aromatic N) is 1. The van der Waals surface area contributed by atoms with E-state index < -0.39 is 17.5 Å². The highest BCUT2D eigenvalue weighted by Gasteiger charge is 2.20. The second kappa shape index (κ2) is 5.30. The first-order chi connectivity index (χ1) is 8.97. The zero-order valence-corrected chi connectivity index (χ0v) is 12.0. The molecule has 7 heteroatoms. The lowest BCUT2D eigenvalue weighted by molar-refractivity contribution is 0.0523. The highest BCUT2D eigenvalue weighted by atomic mass is 79.9. The van der Waals surface area contributed by atoms with Gasteiger partial charge in [0.15, 0.2) is 5.82 Å². The van der Waals surface area contributed by atoms with Crippen LogP contribution in [0, 0.1) is 5.82 Å². The molecule has 0 radical (unpaired) electrons. The lowest BCUT2D eigenvalue weighted by Gasteiger charge is -2.09. The standard InChI is InChI=1S/C12H8BrClFNO3/c1-2-19-12(18)6-4-16-10-5(11(6)17)3-7(14)8(13)9(10)15/h3-4H,2H2,1H3,(H,16,17). The molecule has 0 spiro atoms. The average Bonchev–Trinajstić information content (AvgIpc) is 2.38. The van der Waals surface area contributed by atoms with Gasteiger partial charge >= 0.3 is 5.97 Å². The van der Waals surface area contributed by atoms with Crippen molar-refractivity contribution in [2.24, 2.45) is 0 Å². The second-order valence-corrected chi connectivity index (χ2v) is 4.82. The number of halogens is 3. The Morgan fingerprint density at radius 2 is 2.32 bits per heavy atom. The number of esters is 1. The topological polar surface area (TPSA) is 59.4 Å². The van der Waals surface area contributed by atoms with Gasteiger partial charge in [-0.05, 0) is 28.9 Å². The van der Waals surface area contributed by atoms with Gasteiger partial charge in [0, 0.05) is 11.6 Å². The van der Waals surface area contributed by atoms with Crippen molar-refractivity contribution in [1.82, 2.24) is 4.98 Å². The molecule has 0 aliphatic rings. The number of hydrogen-bond acceptors (Lipinski definition) is 4. The Balaban J connectivity index is 2.72. The second-order valence-electron chi connectivity index (χ2n) is 3.62. The first-order valence-electron chi connectivity index (χ1n) is 5.29. The molecule has 4 nitrogen and oxygen atoms in total. The van der Waals surface area contributed by atoms with Gasteiger partial charge in [-0.25, -0.2) is 9.18 Å². The number of hydrogen-bond donors (Lipinski definition) is 1. The van der Waals surface area contributed by atoms with Crippen LogP contribution in [0.25, 0.3) is 10.9 Å². The van der Waals surface area contributed by atoms with Gasteiger partial charge in [-0.3, -0.25) is 4.98 Å². The maximum atomic E-state index is 13.9. The van der Waals surface area contributed by atoms with E-state index in [-0.39, 0.29) is 32.6 Å². The monoisotopic (exact) mass is 347 g/mol. The van der Waals surface area contributed by atoms with Crippen LogP contribution in [0.1, 0.15) is 17.3 Å². The lowest BCUT2D eigenvalue weighted by atomic mass is 10.1. The summed E-state index contributed by atoms with van der Waals surface area (Å²) in [5.74, 6) is -1.83. The van der Waals surface area contributed by atoms with Crippen molar-refractivity contribution in [1.29, 1.82) is 0 Å². The van der Waals surface area contributed by atoms with Crippen LogP contribution in [0.5, 0.6) is 5.75 Å². The van der Waals surface area contributed by atoms with Crippen LogP contribution in [-0.2, 0) is 4.74 Å². The van der Waals surface area contributed by atoms with Crippen LogP contribution in [0.2, 0.25) is 5.02 Å². The predicted molar refractivity (Wildman–Crippen MR) is 72.0 cm³/mol. The summed E-state index contributed by atoms with van der Waals surface area (Å²) in [6.07, 6.45) is 1.07. The number of fused-ring (bicyclic) bond motifs is 1. The van der Waals surface area contributed by atoms with Crippen LogP contribution < -0.4 is 0 Å². The van der Waals surface area contributed by atoms with E-state index in [1.165, 1.54) is 6.07 Å². The largest absolute Gasteiger partial charge is 0.506 e. The van der Waals surface area contributed by atoms with E-state index in [1.807, 2.05) is 0 Å². The molecule has 0 amide bonds. The molecular weight excluding hydrogens is 340 g/mol. The smallest absolute Gasteiger partial charge is 0.343 e. The fourth-order valence-electron chi connectivity index (χ4n) is 1.59. The molecule has 0 fully saturated rings. The van der Waals surface area contributed by atoms with Gasteiger partial charge < -0.3 is 9.84 Å². The number of carbonyl (C=O) groups excluding carboxylic acids is 1. The van der Waals surface area contributed by atoms with Crippen LogP contribution in [0.15, 0.2) is 16.7 Å². The Morgan fingerprint density at radius 3 is 2.95 bits per heavy atom. The van der Waals surface area contributed by atoms with E-state index in [1.54, 1.807) is 6.92 Å². The van der Waals surface area contributed by atoms with Gasteiger partial charge in [0.1, 0.15) is 16.8 Å². The molecule has 0 aliphatic heterocycles. The normalized spacial score (nSPS) is 10.7. The number of carbonyl (C=O) groups is 1. The number of ether oxygens (including phenoxy) is 1. The molecule has 0 bridgehead atoms. The molecule has 0 aliphatic carbocycles. The molecular formula is C12H8BrClFNO3. The number of benzene rings is 1. The van der Waals surface area contributed by atoms with Gasteiger partial charge in [0.05, 0.1) is 16.1 Å². The summed E-state index contributed by atoms with van der Waals surface area (Å²) in [6, 6.07) is 1.33. The van der Waals surface area contributed by atoms with Crippen molar-refractivity contribution in [3.8, 4) is 5.75 Å². The Bertz CT molecular complexity index is 678. The molecule has 1 heterocycles. The Kier molecular flexibility index (Phi) is 3.91.